The van der Waals surface area contributed by atoms with Crippen LogP contribution in [0.1, 0.15) is 16.1 Å². The maximum absolute atomic E-state index is 12.5. The van der Waals surface area contributed by atoms with Crippen molar-refractivity contribution in [2.75, 3.05) is 16.8 Å². The molecule has 2 aromatic rings. The van der Waals surface area contributed by atoms with E-state index in [4.69, 9.17) is 0 Å². The third-order valence-corrected chi connectivity index (χ3v) is 3.19. The minimum absolute atomic E-state index is 0.239. The summed E-state index contributed by atoms with van der Waals surface area (Å²) < 4.78 is 0. The summed E-state index contributed by atoms with van der Waals surface area (Å²) in [5.41, 5.74) is 2.18. The van der Waals surface area contributed by atoms with Crippen LogP contribution in [0.3, 0.4) is 0 Å². The number of nitrogens with zero attached hydrogens (tertiary/aromatic N) is 4. The fourth-order valence-electron chi connectivity index (χ4n) is 2.15. The number of aryl methyl sites for hydroxylation is 1. The zero-order chi connectivity index (χ0) is 15.4. The molecule has 1 aromatic heterocycles. The summed E-state index contributed by atoms with van der Waals surface area (Å²) in [6.45, 7) is 2.48. The number of rotatable bonds is 3. The maximum Gasteiger partial charge on any atom is 0.260 e. The van der Waals surface area contributed by atoms with Crippen LogP contribution in [-0.4, -0.2) is 28.6 Å². The number of carbonyl (C=O) groups is 1. The molecule has 0 aliphatic carbocycles. The van der Waals surface area contributed by atoms with Gasteiger partial charge >= 0.3 is 0 Å². The molecular weight excluding hydrogens is 278 g/mol. The van der Waals surface area contributed by atoms with Crippen LogP contribution in [0, 0.1) is 6.92 Å². The van der Waals surface area contributed by atoms with E-state index >= 15 is 0 Å². The molecule has 1 aromatic carbocycles. The molecule has 0 unspecified atom stereocenters. The molecule has 3 rings (SSSR count). The minimum Gasteiger partial charge on any atom is -0.340 e. The monoisotopic (exact) mass is 293 g/mol. The number of hydrogen-bond acceptors (Lipinski definition) is 5. The Labute approximate surface area is 128 Å². The number of hydrogen-bond donors (Lipinski definition) is 1. The van der Waals surface area contributed by atoms with Crippen molar-refractivity contribution in [2.24, 2.45) is 4.99 Å². The summed E-state index contributed by atoms with van der Waals surface area (Å²) in [6.07, 6.45) is 6.95. The van der Waals surface area contributed by atoms with Gasteiger partial charge in [-0.3, -0.25) is 15.1 Å². The molecule has 1 amide bonds. The van der Waals surface area contributed by atoms with Gasteiger partial charge in [-0.25, -0.2) is 9.97 Å². The zero-order valence-corrected chi connectivity index (χ0v) is 12.1. The Bertz CT molecular complexity index is 754. The lowest BCUT2D eigenvalue weighted by molar-refractivity contribution is 0.102. The highest BCUT2D eigenvalue weighted by Gasteiger charge is 2.16. The Morgan fingerprint density at radius 2 is 2.14 bits per heavy atom. The van der Waals surface area contributed by atoms with E-state index in [1.807, 2.05) is 36.2 Å². The molecule has 6 nitrogen and oxygen atoms in total. The molecule has 0 fully saturated rings. The summed E-state index contributed by atoms with van der Waals surface area (Å²) >= 11 is 0. The van der Waals surface area contributed by atoms with Gasteiger partial charge in [-0.05, 0) is 25.1 Å². The van der Waals surface area contributed by atoms with Gasteiger partial charge in [0.2, 0.25) is 5.95 Å². The molecule has 110 valence electrons. The van der Waals surface area contributed by atoms with E-state index in [2.05, 4.69) is 20.3 Å². The molecule has 0 saturated heterocycles. The molecule has 0 atom stereocenters. The van der Waals surface area contributed by atoms with E-state index in [1.165, 1.54) is 0 Å². The standard InChI is InChI=1S/C16H15N5O/c1-12-6-7-18-16(19-12)20-15(22)13-4-2-3-5-14(13)21-10-8-17-9-11-21/h2-10H,11H2,1H3,(H,18,19,20,22). The van der Waals surface area contributed by atoms with Crippen molar-refractivity contribution in [3.63, 3.8) is 0 Å². The van der Waals surface area contributed by atoms with Crippen LogP contribution in [0.2, 0.25) is 0 Å². The minimum atomic E-state index is -0.239. The van der Waals surface area contributed by atoms with E-state index in [0.717, 1.165) is 11.4 Å². The first-order chi connectivity index (χ1) is 10.7. The molecular formula is C16H15N5O. The molecule has 6 heteroatoms. The van der Waals surface area contributed by atoms with Crippen molar-refractivity contribution in [2.45, 2.75) is 6.92 Å². The Morgan fingerprint density at radius 1 is 1.27 bits per heavy atom. The molecule has 0 bridgehead atoms. The van der Waals surface area contributed by atoms with Gasteiger partial charge < -0.3 is 4.90 Å². The summed E-state index contributed by atoms with van der Waals surface area (Å²) in [5.74, 6) is 0.0627. The Morgan fingerprint density at radius 3 is 2.91 bits per heavy atom. The second-order valence-electron chi connectivity index (χ2n) is 4.78. The first-order valence-corrected chi connectivity index (χ1v) is 6.89. The summed E-state index contributed by atoms with van der Waals surface area (Å²) in [5, 5.41) is 2.73. The van der Waals surface area contributed by atoms with Crippen molar-refractivity contribution >= 4 is 23.8 Å². The van der Waals surface area contributed by atoms with Gasteiger partial charge in [-0.1, -0.05) is 12.1 Å². The van der Waals surface area contributed by atoms with Gasteiger partial charge in [0.15, 0.2) is 0 Å². The van der Waals surface area contributed by atoms with Crippen molar-refractivity contribution < 1.29 is 4.79 Å². The average molecular weight is 293 g/mol. The Kier molecular flexibility index (Phi) is 3.91. The number of amides is 1. The molecule has 1 aliphatic heterocycles. The fraction of sp³-hybridized carbons (Fsp3) is 0.125. The Hall–Kier alpha value is -3.02. The van der Waals surface area contributed by atoms with E-state index in [1.54, 1.807) is 30.7 Å². The fourth-order valence-corrected chi connectivity index (χ4v) is 2.15. The molecule has 0 radical (unpaired) electrons. The second kappa shape index (κ2) is 6.17. The zero-order valence-electron chi connectivity index (χ0n) is 12.1. The highest BCUT2D eigenvalue weighted by atomic mass is 16.1. The number of carbonyl (C=O) groups excluding carboxylic acids is 1. The Balaban J connectivity index is 1.86. The third-order valence-electron chi connectivity index (χ3n) is 3.19. The SMILES string of the molecule is Cc1ccnc(NC(=O)c2ccccc2N2C=CN=CC2)n1. The van der Waals surface area contributed by atoms with Gasteiger partial charge in [0.25, 0.3) is 5.91 Å². The highest BCUT2D eigenvalue weighted by molar-refractivity contribution is 6.07. The van der Waals surface area contributed by atoms with E-state index in [-0.39, 0.29) is 5.91 Å². The van der Waals surface area contributed by atoms with Gasteiger partial charge in [0.1, 0.15) is 0 Å². The lowest BCUT2D eigenvalue weighted by atomic mass is 10.1. The maximum atomic E-state index is 12.5. The number of para-hydroxylation sites is 1. The summed E-state index contributed by atoms with van der Waals surface area (Å²) in [7, 11) is 0. The molecule has 22 heavy (non-hydrogen) atoms. The van der Waals surface area contributed by atoms with E-state index in [0.29, 0.717) is 18.1 Å². The predicted molar refractivity (Wildman–Crippen MR) is 86.1 cm³/mol. The van der Waals surface area contributed by atoms with Gasteiger partial charge in [-0.2, -0.15) is 0 Å². The molecule has 0 spiro atoms. The van der Waals surface area contributed by atoms with Gasteiger partial charge in [0, 0.05) is 30.5 Å². The van der Waals surface area contributed by atoms with Crippen molar-refractivity contribution in [1.29, 1.82) is 0 Å². The molecule has 0 saturated carbocycles. The summed E-state index contributed by atoms with van der Waals surface area (Å²) in [4.78, 5) is 26.8. The number of aromatic nitrogens is 2. The van der Waals surface area contributed by atoms with E-state index < -0.39 is 0 Å². The van der Waals surface area contributed by atoms with Crippen LogP contribution >= 0.6 is 0 Å². The largest absolute Gasteiger partial charge is 0.340 e. The van der Waals surface area contributed by atoms with Crippen LogP contribution < -0.4 is 10.2 Å². The number of nitrogens with one attached hydrogen (secondary N) is 1. The smallest absolute Gasteiger partial charge is 0.260 e. The van der Waals surface area contributed by atoms with Crippen molar-refractivity contribution in [3.05, 3.63) is 60.2 Å². The van der Waals surface area contributed by atoms with Crippen LogP contribution in [-0.2, 0) is 0 Å². The van der Waals surface area contributed by atoms with Crippen LogP contribution in [0.5, 0.6) is 0 Å². The normalized spacial score (nSPS) is 13.2. The van der Waals surface area contributed by atoms with Gasteiger partial charge in [0.05, 0.1) is 17.8 Å². The lowest BCUT2D eigenvalue weighted by Crippen LogP contribution is -2.24. The van der Waals surface area contributed by atoms with Crippen molar-refractivity contribution in [3.8, 4) is 0 Å². The van der Waals surface area contributed by atoms with Crippen LogP contribution in [0.4, 0.5) is 11.6 Å². The first-order valence-electron chi connectivity index (χ1n) is 6.89. The molecule has 2 heterocycles. The summed E-state index contributed by atoms with van der Waals surface area (Å²) in [6, 6.07) is 9.18. The van der Waals surface area contributed by atoms with Crippen molar-refractivity contribution in [1.82, 2.24) is 9.97 Å². The average Bonchev–Trinajstić information content (AvgIpc) is 2.56. The van der Waals surface area contributed by atoms with Crippen LogP contribution in [0.25, 0.3) is 0 Å². The van der Waals surface area contributed by atoms with Gasteiger partial charge in [-0.15, -0.1) is 0 Å². The van der Waals surface area contributed by atoms with E-state index in [9.17, 15) is 4.79 Å². The third kappa shape index (κ3) is 3.01. The second-order valence-corrected chi connectivity index (χ2v) is 4.78. The number of benzene rings is 1. The predicted octanol–water partition coefficient (Wildman–Crippen LogP) is 2.40. The number of anilines is 2. The van der Waals surface area contributed by atoms with Crippen LogP contribution in [0.15, 0.2) is 53.9 Å². The first kappa shape index (κ1) is 13.9. The quantitative estimate of drug-likeness (QED) is 0.943. The topological polar surface area (TPSA) is 70.5 Å². The number of aliphatic imine (C=N–C) groups is 1. The molecule has 1 aliphatic rings. The highest BCUT2D eigenvalue weighted by Crippen LogP contribution is 2.22. The lowest BCUT2D eigenvalue weighted by Gasteiger charge is -2.22. The molecule has 1 N–H and O–H groups in total.